The van der Waals surface area contributed by atoms with E-state index < -0.39 is 0 Å². The highest BCUT2D eigenvalue weighted by Gasteiger charge is 2.34. The van der Waals surface area contributed by atoms with Gasteiger partial charge in [0.15, 0.2) is 0 Å². The quantitative estimate of drug-likeness (QED) is 0.379. The Morgan fingerprint density at radius 3 is 2.45 bits per heavy atom. The van der Waals surface area contributed by atoms with Gasteiger partial charge in [0.2, 0.25) is 5.91 Å². The second kappa shape index (κ2) is 9.12. The Morgan fingerprint density at radius 1 is 0.939 bits per heavy atom. The second-order valence-corrected chi connectivity index (χ2v) is 9.12. The van der Waals surface area contributed by atoms with Crippen molar-refractivity contribution in [2.75, 3.05) is 16.0 Å². The molecule has 4 aromatic carbocycles. The zero-order valence-corrected chi connectivity index (χ0v) is 19.1. The van der Waals surface area contributed by atoms with Gasteiger partial charge in [-0.2, -0.15) is 0 Å². The highest BCUT2D eigenvalue weighted by atomic mass is 32.2. The summed E-state index contributed by atoms with van der Waals surface area (Å²) in [7, 11) is 0. The molecular weight excluding hydrogens is 428 g/mol. The summed E-state index contributed by atoms with van der Waals surface area (Å²) in [5, 5.41) is 5.06. The zero-order chi connectivity index (χ0) is 22.8. The first-order valence-electron chi connectivity index (χ1n) is 11.1. The summed E-state index contributed by atoms with van der Waals surface area (Å²) in [4.78, 5) is 27.4. The topological polar surface area (TPSA) is 49.4 Å². The van der Waals surface area contributed by atoms with Crippen molar-refractivity contribution in [3.8, 4) is 0 Å². The Bertz CT molecular complexity index is 1330. The molecule has 0 aromatic heterocycles. The Kier molecular flexibility index (Phi) is 5.88. The number of carbonyl (C=O) groups excluding carboxylic acids is 2. The lowest BCUT2D eigenvalue weighted by Gasteiger charge is -2.26. The molecule has 0 aliphatic carbocycles. The van der Waals surface area contributed by atoms with Gasteiger partial charge in [0.1, 0.15) is 5.37 Å². The number of nitrogens with one attached hydrogen (secondary N) is 1. The number of amides is 2. The summed E-state index contributed by atoms with van der Waals surface area (Å²) in [5.74, 6) is 0.445. The number of benzene rings is 4. The van der Waals surface area contributed by atoms with Gasteiger partial charge in [0.05, 0.1) is 5.75 Å². The van der Waals surface area contributed by atoms with Gasteiger partial charge in [-0.15, -0.1) is 11.8 Å². The maximum Gasteiger partial charge on any atom is 0.255 e. The minimum atomic E-state index is -0.141. The highest BCUT2D eigenvalue weighted by Crippen LogP contribution is 2.43. The van der Waals surface area contributed by atoms with Gasteiger partial charge in [-0.05, 0) is 58.7 Å². The molecule has 5 rings (SSSR count). The molecule has 33 heavy (non-hydrogen) atoms. The standard InChI is InChI=1S/C28H24N2O2S/c1-2-19-7-5-6-10-25(19)30-26(31)18-33-28(30)21-13-15-24(16-14-21)29-27(32)23-12-11-20-8-3-4-9-22(20)17-23/h3-17,28H,2,18H2,1H3,(H,29,32). The van der Waals surface area contributed by atoms with Crippen LogP contribution >= 0.6 is 11.8 Å². The number of rotatable bonds is 5. The lowest BCUT2D eigenvalue weighted by molar-refractivity contribution is -0.115. The number of anilines is 2. The highest BCUT2D eigenvalue weighted by molar-refractivity contribution is 8.00. The van der Waals surface area contributed by atoms with Crippen LogP contribution in [0.15, 0.2) is 91.0 Å². The first-order valence-corrected chi connectivity index (χ1v) is 12.1. The van der Waals surface area contributed by atoms with Gasteiger partial charge in [-0.3, -0.25) is 14.5 Å². The molecule has 0 spiro atoms. The van der Waals surface area contributed by atoms with Crippen LogP contribution in [0.2, 0.25) is 0 Å². The van der Waals surface area contributed by atoms with Crippen molar-refractivity contribution in [3.63, 3.8) is 0 Å². The van der Waals surface area contributed by atoms with Gasteiger partial charge in [-0.25, -0.2) is 0 Å². The minimum absolute atomic E-state index is 0.0737. The van der Waals surface area contributed by atoms with Crippen molar-refractivity contribution in [2.45, 2.75) is 18.7 Å². The summed E-state index contributed by atoms with van der Waals surface area (Å²) in [5.41, 5.74) is 4.54. The van der Waals surface area contributed by atoms with Crippen LogP contribution in [0.1, 0.15) is 33.8 Å². The average Bonchev–Trinajstić information content (AvgIpc) is 3.25. The SMILES string of the molecule is CCc1ccccc1N1C(=O)CSC1c1ccc(NC(=O)c2ccc3ccccc3c2)cc1. The lowest BCUT2D eigenvalue weighted by Crippen LogP contribution is -2.28. The van der Waals surface area contributed by atoms with Gasteiger partial charge in [0, 0.05) is 16.9 Å². The van der Waals surface area contributed by atoms with Gasteiger partial charge < -0.3 is 5.32 Å². The first-order chi connectivity index (χ1) is 16.1. The molecule has 4 aromatic rings. The van der Waals surface area contributed by atoms with Crippen molar-refractivity contribution < 1.29 is 9.59 Å². The number of hydrogen-bond acceptors (Lipinski definition) is 3. The van der Waals surface area contributed by atoms with E-state index in [2.05, 4.69) is 18.3 Å². The van der Waals surface area contributed by atoms with Crippen molar-refractivity contribution in [3.05, 3.63) is 108 Å². The largest absolute Gasteiger partial charge is 0.322 e. The molecule has 1 unspecified atom stereocenters. The van der Waals surface area contributed by atoms with E-state index in [1.807, 2.05) is 89.8 Å². The number of aryl methyl sites for hydroxylation is 1. The predicted octanol–water partition coefficient (Wildman–Crippen LogP) is 6.43. The van der Waals surface area contributed by atoms with Crippen molar-refractivity contribution in [2.24, 2.45) is 0 Å². The molecule has 2 amide bonds. The summed E-state index contributed by atoms with van der Waals surface area (Å²) in [6, 6.07) is 29.6. The van der Waals surface area contributed by atoms with Crippen molar-refractivity contribution >= 4 is 45.7 Å². The maximum atomic E-state index is 12.8. The van der Waals surface area contributed by atoms with E-state index in [0.29, 0.717) is 11.3 Å². The van der Waals surface area contributed by atoms with E-state index >= 15 is 0 Å². The van der Waals surface area contributed by atoms with Crippen molar-refractivity contribution in [1.29, 1.82) is 0 Å². The molecule has 164 valence electrons. The van der Waals surface area contributed by atoms with Crippen LogP contribution in [0.4, 0.5) is 11.4 Å². The van der Waals surface area contributed by atoms with E-state index in [4.69, 9.17) is 0 Å². The van der Waals surface area contributed by atoms with Crippen LogP contribution in [-0.2, 0) is 11.2 Å². The Labute approximate surface area is 197 Å². The van der Waals surface area contributed by atoms with Crippen LogP contribution in [0.25, 0.3) is 10.8 Å². The number of hydrogen-bond donors (Lipinski definition) is 1. The summed E-state index contributed by atoms with van der Waals surface area (Å²) in [6.07, 6.45) is 0.872. The molecule has 5 heteroatoms. The molecule has 0 radical (unpaired) electrons. The fraction of sp³-hybridized carbons (Fsp3) is 0.143. The van der Waals surface area contributed by atoms with Gasteiger partial charge in [-0.1, -0.05) is 67.6 Å². The fourth-order valence-electron chi connectivity index (χ4n) is 4.24. The molecule has 1 aliphatic rings. The smallest absolute Gasteiger partial charge is 0.255 e. The predicted molar refractivity (Wildman–Crippen MR) is 137 cm³/mol. The Morgan fingerprint density at radius 2 is 1.67 bits per heavy atom. The molecule has 0 bridgehead atoms. The number of carbonyl (C=O) groups is 2. The number of fused-ring (bicyclic) bond motifs is 1. The molecule has 1 atom stereocenters. The summed E-state index contributed by atoms with van der Waals surface area (Å²) < 4.78 is 0. The molecule has 0 saturated carbocycles. The first kappa shape index (κ1) is 21.3. The lowest BCUT2D eigenvalue weighted by atomic mass is 10.1. The van der Waals surface area contributed by atoms with Gasteiger partial charge >= 0.3 is 0 Å². The van der Waals surface area contributed by atoms with E-state index in [1.165, 1.54) is 0 Å². The Hall–Kier alpha value is -3.57. The zero-order valence-electron chi connectivity index (χ0n) is 18.3. The van der Waals surface area contributed by atoms with Crippen molar-refractivity contribution in [1.82, 2.24) is 0 Å². The minimum Gasteiger partial charge on any atom is -0.322 e. The number of thioether (sulfide) groups is 1. The number of nitrogens with zero attached hydrogens (tertiary/aromatic N) is 1. The third kappa shape index (κ3) is 4.24. The third-order valence-corrected chi connectivity index (χ3v) is 7.18. The van der Waals surface area contributed by atoms with Crippen LogP contribution in [0.3, 0.4) is 0 Å². The molecule has 1 fully saturated rings. The maximum absolute atomic E-state index is 12.8. The van der Waals surface area contributed by atoms with Crippen LogP contribution < -0.4 is 10.2 Å². The second-order valence-electron chi connectivity index (χ2n) is 8.05. The fourth-order valence-corrected chi connectivity index (χ4v) is 5.41. The van der Waals surface area contributed by atoms with Gasteiger partial charge in [0.25, 0.3) is 5.91 Å². The molecule has 4 nitrogen and oxygen atoms in total. The molecular formula is C28H24N2O2S. The average molecular weight is 453 g/mol. The number of para-hydroxylation sites is 1. The molecule has 1 N–H and O–H groups in total. The third-order valence-electron chi connectivity index (χ3n) is 5.97. The van der Waals surface area contributed by atoms with E-state index in [1.54, 1.807) is 11.8 Å². The van der Waals surface area contributed by atoms with Crippen LogP contribution in [0, 0.1) is 0 Å². The van der Waals surface area contributed by atoms with E-state index in [0.717, 1.165) is 39.7 Å². The summed E-state index contributed by atoms with van der Waals surface area (Å²) in [6.45, 7) is 2.11. The van der Waals surface area contributed by atoms with Crippen LogP contribution in [-0.4, -0.2) is 17.6 Å². The molecule has 1 saturated heterocycles. The Balaban J connectivity index is 1.35. The van der Waals surface area contributed by atoms with E-state index in [-0.39, 0.29) is 17.2 Å². The molecule has 1 heterocycles. The summed E-state index contributed by atoms with van der Waals surface area (Å²) >= 11 is 1.63. The van der Waals surface area contributed by atoms with E-state index in [9.17, 15) is 9.59 Å². The molecule has 1 aliphatic heterocycles. The monoisotopic (exact) mass is 452 g/mol. The van der Waals surface area contributed by atoms with Crippen LogP contribution in [0.5, 0.6) is 0 Å². The normalized spacial score (nSPS) is 15.7.